The SMILES string of the molecule is COC1C[C@@H]2CN(C(=O)c3cc4ccc(F)cc4[nH]3)C[C@@H]2C1. The van der Waals surface area contributed by atoms with E-state index in [-0.39, 0.29) is 11.7 Å². The first kappa shape index (κ1) is 13.8. The van der Waals surface area contributed by atoms with Crippen molar-refractivity contribution in [2.75, 3.05) is 20.2 Å². The number of aromatic amines is 1. The van der Waals surface area contributed by atoms with Crippen molar-refractivity contribution < 1.29 is 13.9 Å². The summed E-state index contributed by atoms with van der Waals surface area (Å²) in [5.41, 5.74) is 1.21. The number of hydrogen-bond donors (Lipinski definition) is 1. The molecule has 1 aliphatic heterocycles. The Morgan fingerprint density at radius 2 is 2.00 bits per heavy atom. The minimum Gasteiger partial charge on any atom is -0.381 e. The van der Waals surface area contributed by atoms with E-state index in [4.69, 9.17) is 4.74 Å². The van der Waals surface area contributed by atoms with Gasteiger partial charge in [-0.25, -0.2) is 4.39 Å². The zero-order valence-corrected chi connectivity index (χ0v) is 12.5. The maximum Gasteiger partial charge on any atom is 0.270 e. The van der Waals surface area contributed by atoms with Crippen LogP contribution in [0.1, 0.15) is 23.3 Å². The summed E-state index contributed by atoms with van der Waals surface area (Å²) in [6.45, 7) is 1.60. The van der Waals surface area contributed by atoms with Gasteiger partial charge in [-0.3, -0.25) is 4.79 Å². The molecule has 3 atom stereocenters. The van der Waals surface area contributed by atoms with E-state index in [1.807, 2.05) is 11.0 Å². The van der Waals surface area contributed by atoms with Gasteiger partial charge in [0.05, 0.1) is 6.10 Å². The number of aromatic nitrogens is 1. The van der Waals surface area contributed by atoms with Gasteiger partial charge in [0.2, 0.25) is 0 Å². The van der Waals surface area contributed by atoms with Gasteiger partial charge in [0.1, 0.15) is 11.5 Å². The summed E-state index contributed by atoms with van der Waals surface area (Å²) in [6.07, 6.45) is 2.44. The van der Waals surface area contributed by atoms with Gasteiger partial charge in [-0.2, -0.15) is 0 Å². The highest BCUT2D eigenvalue weighted by atomic mass is 19.1. The fourth-order valence-corrected chi connectivity index (χ4v) is 3.99. The molecule has 1 unspecified atom stereocenters. The number of carbonyl (C=O) groups excluding carboxylic acids is 1. The molecule has 1 saturated heterocycles. The van der Waals surface area contributed by atoms with E-state index < -0.39 is 0 Å². The molecule has 1 aromatic heterocycles. The quantitative estimate of drug-likeness (QED) is 0.927. The third-order valence-corrected chi connectivity index (χ3v) is 5.14. The lowest BCUT2D eigenvalue weighted by atomic mass is 10.0. The van der Waals surface area contributed by atoms with Crippen molar-refractivity contribution in [1.82, 2.24) is 9.88 Å². The first-order chi connectivity index (χ1) is 10.6. The maximum absolute atomic E-state index is 13.2. The summed E-state index contributed by atoms with van der Waals surface area (Å²) in [6, 6.07) is 6.34. The Morgan fingerprint density at radius 3 is 2.68 bits per heavy atom. The topological polar surface area (TPSA) is 45.3 Å². The van der Waals surface area contributed by atoms with Crippen molar-refractivity contribution in [3.8, 4) is 0 Å². The zero-order valence-electron chi connectivity index (χ0n) is 12.5. The maximum atomic E-state index is 13.2. The number of ether oxygens (including phenoxy) is 1. The van der Waals surface area contributed by atoms with E-state index in [0.29, 0.717) is 29.2 Å². The molecular weight excluding hydrogens is 283 g/mol. The largest absolute Gasteiger partial charge is 0.381 e. The number of carbonyl (C=O) groups is 1. The number of hydrogen-bond acceptors (Lipinski definition) is 2. The highest BCUT2D eigenvalue weighted by Gasteiger charge is 2.42. The average Bonchev–Trinajstić information content (AvgIpc) is 3.17. The third-order valence-electron chi connectivity index (χ3n) is 5.14. The Labute approximate surface area is 128 Å². The molecule has 5 heteroatoms. The summed E-state index contributed by atoms with van der Waals surface area (Å²) < 4.78 is 18.7. The number of amides is 1. The summed E-state index contributed by atoms with van der Waals surface area (Å²) in [5.74, 6) is 0.820. The number of nitrogens with zero attached hydrogens (tertiary/aromatic N) is 1. The van der Waals surface area contributed by atoms with E-state index in [9.17, 15) is 9.18 Å². The first-order valence-electron chi connectivity index (χ1n) is 7.74. The highest BCUT2D eigenvalue weighted by Crippen LogP contribution is 2.39. The molecule has 4 nitrogen and oxygen atoms in total. The molecule has 0 spiro atoms. The van der Waals surface area contributed by atoms with Crippen LogP contribution in [0.15, 0.2) is 24.3 Å². The number of nitrogens with one attached hydrogen (secondary N) is 1. The molecule has 4 rings (SSSR count). The number of methoxy groups -OCH3 is 1. The molecule has 116 valence electrons. The number of rotatable bonds is 2. The first-order valence-corrected chi connectivity index (χ1v) is 7.74. The number of benzene rings is 1. The molecule has 2 heterocycles. The average molecular weight is 302 g/mol. The lowest BCUT2D eigenvalue weighted by Gasteiger charge is -2.18. The molecule has 0 radical (unpaired) electrons. The molecule has 1 N–H and O–H groups in total. The minimum atomic E-state index is -0.297. The molecule has 1 aromatic carbocycles. The van der Waals surface area contributed by atoms with E-state index in [2.05, 4.69) is 4.98 Å². The number of H-pyrrole nitrogens is 1. The van der Waals surface area contributed by atoms with Gasteiger partial charge < -0.3 is 14.6 Å². The summed E-state index contributed by atoms with van der Waals surface area (Å²) in [5, 5.41) is 0.864. The molecular formula is C17H19FN2O2. The second-order valence-corrected chi connectivity index (χ2v) is 6.47. The molecule has 2 aliphatic rings. The van der Waals surface area contributed by atoms with Gasteiger partial charge in [-0.05, 0) is 48.9 Å². The lowest BCUT2D eigenvalue weighted by molar-refractivity contribution is 0.0727. The van der Waals surface area contributed by atoms with Crippen LogP contribution in [0.25, 0.3) is 10.9 Å². The summed E-state index contributed by atoms with van der Waals surface area (Å²) >= 11 is 0. The van der Waals surface area contributed by atoms with E-state index in [1.54, 1.807) is 13.2 Å². The standard InChI is InChI=1S/C17H19FN2O2/c1-22-14-4-11-8-20(9-12(11)5-14)17(21)16-6-10-2-3-13(18)7-15(10)19-16/h2-3,6-7,11-12,14,19H,4-5,8-9H2,1H3/t11-,12+,14?. The molecule has 22 heavy (non-hydrogen) atoms. The smallest absolute Gasteiger partial charge is 0.270 e. The molecule has 1 saturated carbocycles. The van der Waals surface area contributed by atoms with Crippen LogP contribution >= 0.6 is 0 Å². The van der Waals surface area contributed by atoms with Crippen LogP contribution in [0.4, 0.5) is 4.39 Å². The van der Waals surface area contributed by atoms with Crippen LogP contribution < -0.4 is 0 Å². The minimum absolute atomic E-state index is 0.0139. The van der Waals surface area contributed by atoms with Crippen molar-refractivity contribution in [2.24, 2.45) is 11.8 Å². The zero-order chi connectivity index (χ0) is 15.3. The van der Waals surface area contributed by atoms with Crippen LogP contribution in [0.2, 0.25) is 0 Å². The van der Waals surface area contributed by atoms with Gasteiger partial charge in [0.15, 0.2) is 0 Å². The molecule has 1 amide bonds. The van der Waals surface area contributed by atoms with Gasteiger partial charge in [-0.15, -0.1) is 0 Å². The highest BCUT2D eigenvalue weighted by molar-refractivity contribution is 5.98. The van der Waals surface area contributed by atoms with E-state index in [1.165, 1.54) is 12.1 Å². The van der Waals surface area contributed by atoms with Crippen molar-refractivity contribution in [1.29, 1.82) is 0 Å². The second-order valence-electron chi connectivity index (χ2n) is 6.47. The predicted octanol–water partition coefficient (Wildman–Crippen LogP) is 2.80. The second kappa shape index (κ2) is 5.09. The fourth-order valence-electron chi connectivity index (χ4n) is 3.99. The van der Waals surface area contributed by atoms with Crippen molar-refractivity contribution >= 4 is 16.8 Å². The lowest BCUT2D eigenvalue weighted by Crippen LogP contribution is -2.30. The van der Waals surface area contributed by atoms with Crippen LogP contribution in [0.5, 0.6) is 0 Å². The van der Waals surface area contributed by atoms with Crippen molar-refractivity contribution in [3.05, 3.63) is 35.8 Å². The third kappa shape index (κ3) is 2.20. The number of halogens is 1. The fraction of sp³-hybridized carbons (Fsp3) is 0.471. The van der Waals surface area contributed by atoms with Crippen LogP contribution in [-0.4, -0.2) is 42.1 Å². The van der Waals surface area contributed by atoms with E-state index in [0.717, 1.165) is 31.3 Å². The number of likely N-dealkylation sites (tertiary alicyclic amines) is 1. The molecule has 2 aromatic rings. The molecule has 0 bridgehead atoms. The predicted molar refractivity (Wildman–Crippen MR) is 81.2 cm³/mol. The molecule has 2 fully saturated rings. The number of fused-ring (bicyclic) bond motifs is 2. The Hall–Kier alpha value is -1.88. The van der Waals surface area contributed by atoms with Crippen LogP contribution in [0.3, 0.4) is 0 Å². The van der Waals surface area contributed by atoms with Crippen LogP contribution in [0, 0.1) is 17.7 Å². The Morgan fingerprint density at radius 1 is 1.27 bits per heavy atom. The Bertz CT molecular complexity index is 713. The summed E-state index contributed by atoms with van der Waals surface area (Å²) in [4.78, 5) is 17.6. The van der Waals surface area contributed by atoms with Gasteiger partial charge in [0, 0.05) is 31.1 Å². The van der Waals surface area contributed by atoms with Gasteiger partial charge in [0.25, 0.3) is 5.91 Å². The van der Waals surface area contributed by atoms with Gasteiger partial charge in [-0.1, -0.05) is 0 Å². The van der Waals surface area contributed by atoms with E-state index >= 15 is 0 Å². The summed E-state index contributed by atoms with van der Waals surface area (Å²) in [7, 11) is 1.76. The van der Waals surface area contributed by atoms with Crippen molar-refractivity contribution in [3.63, 3.8) is 0 Å². The molecule has 1 aliphatic carbocycles. The Balaban J connectivity index is 1.52. The van der Waals surface area contributed by atoms with Gasteiger partial charge >= 0.3 is 0 Å². The van der Waals surface area contributed by atoms with Crippen LogP contribution in [-0.2, 0) is 4.74 Å². The van der Waals surface area contributed by atoms with Crippen molar-refractivity contribution in [2.45, 2.75) is 18.9 Å². The monoisotopic (exact) mass is 302 g/mol. The Kier molecular flexibility index (Phi) is 3.18. The normalized spacial score (nSPS) is 27.5.